The minimum atomic E-state index is -0.660. The molecule has 1 aromatic rings. The number of carboxylic acid groups (broad SMARTS) is 1. The summed E-state index contributed by atoms with van der Waals surface area (Å²) in [6.07, 6.45) is 2.66. The van der Waals surface area contributed by atoms with E-state index in [0.29, 0.717) is 11.7 Å². The molecule has 2 N–H and O–H groups in total. The Morgan fingerprint density at radius 2 is 2.25 bits per heavy atom. The highest BCUT2D eigenvalue weighted by Gasteiger charge is 2.42. The van der Waals surface area contributed by atoms with Crippen LogP contribution < -0.4 is 0 Å². The SMILES string of the molecule is Cc1cc(CCC2CC2C(=O)O)ccc1O. The van der Waals surface area contributed by atoms with E-state index >= 15 is 0 Å². The fourth-order valence-electron chi connectivity index (χ4n) is 2.09. The van der Waals surface area contributed by atoms with Gasteiger partial charge in [-0.2, -0.15) is 0 Å². The second kappa shape index (κ2) is 4.16. The third kappa shape index (κ3) is 2.35. The summed E-state index contributed by atoms with van der Waals surface area (Å²) >= 11 is 0. The fourth-order valence-corrected chi connectivity index (χ4v) is 2.09. The summed E-state index contributed by atoms with van der Waals surface area (Å²) in [5.41, 5.74) is 2.05. The molecule has 2 atom stereocenters. The molecule has 1 aliphatic carbocycles. The van der Waals surface area contributed by atoms with Crippen molar-refractivity contribution in [3.63, 3.8) is 0 Å². The molecule has 1 aliphatic rings. The van der Waals surface area contributed by atoms with Crippen LogP contribution in [0.5, 0.6) is 5.75 Å². The van der Waals surface area contributed by atoms with Crippen LogP contribution in [0.2, 0.25) is 0 Å². The van der Waals surface area contributed by atoms with Crippen molar-refractivity contribution >= 4 is 5.97 Å². The van der Waals surface area contributed by atoms with Crippen LogP contribution in [0.3, 0.4) is 0 Å². The van der Waals surface area contributed by atoms with E-state index in [1.807, 2.05) is 19.1 Å². The molecule has 0 saturated heterocycles. The first-order chi connectivity index (χ1) is 7.58. The maximum Gasteiger partial charge on any atom is 0.306 e. The fraction of sp³-hybridized carbons (Fsp3) is 0.462. The summed E-state index contributed by atoms with van der Waals surface area (Å²) < 4.78 is 0. The Labute approximate surface area is 94.7 Å². The highest BCUT2D eigenvalue weighted by Crippen LogP contribution is 2.42. The summed E-state index contributed by atoms with van der Waals surface area (Å²) in [4.78, 5) is 10.6. The van der Waals surface area contributed by atoms with Gasteiger partial charge in [0.1, 0.15) is 5.75 Å². The van der Waals surface area contributed by atoms with Crippen LogP contribution in [0, 0.1) is 18.8 Å². The molecule has 0 bridgehead atoms. The lowest BCUT2D eigenvalue weighted by Gasteiger charge is -2.03. The van der Waals surface area contributed by atoms with E-state index < -0.39 is 5.97 Å². The van der Waals surface area contributed by atoms with Crippen molar-refractivity contribution in [1.29, 1.82) is 0 Å². The number of phenolic OH excluding ortho intramolecular Hbond substituents is 1. The second-order valence-corrected chi connectivity index (χ2v) is 4.60. The number of rotatable bonds is 4. The standard InChI is InChI=1S/C13H16O3/c1-8-6-9(3-5-12(8)14)2-4-10-7-11(10)13(15)16/h3,5-6,10-11,14H,2,4,7H2,1H3,(H,15,16). The van der Waals surface area contributed by atoms with Gasteiger partial charge in [0, 0.05) is 0 Å². The van der Waals surface area contributed by atoms with Crippen LogP contribution in [0.15, 0.2) is 18.2 Å². The number of carbonyl (C=O) groups is 1. The molecule has 16 heavy (non-hydrogen) atoms. The van der Waals surface area contributed by atoms with Gasteiger partial charge in [-0.3, -0.25) is 4.79 Å². The Morgan fingerprint density at radius 3 is 2.81 bits per heavy atom. The smallest absolute Gasteiger partial charge is 0.306 e. The van der Waals surface area contributed by atoms with Crippen molar-refractivity contribution in [2.45, 2.75) is 26.2 Å². The molecule has 1 fully saturated rings. The lowest BCUT2D eigenvalue weighted by molar-refractivity contribution is -0.138. The van der Waals surface area contributed by atoms with E-state index in [1.165, 1.54) is 5.56 Å². The zero-order valence-electron chi connectivity index (χ0n) is 9.31. The molecular formula is C13H16O3. The number of benzene rings is 1. The first-order valence-corrected chi connectivity index (χ1v) is 5.59. The molecule has 1 aromatic carbocycles. The topological polar surface area (TPSA) is 57.5 Å². The predicted octanol–water partition coefficient (Wildman–Crippen LogP) is 2.35. The van der Waals surface area contributed by atoms with Crippen molar-refractivity contribution in [2.75, 3.05) is 0 Å². The number of aryl methyl sites for hydroxylation is 2. The predicted molar refractivity (Wildman–Crippen MR) is 60.4 cm³/mol. The van der Waals surface area contributed by atoms with Gasteiger partial charge in [0.05, 0.1) is 5.92 Å². The van der Waals surface area contributed by atoms with Gasteiger partial charge in [-0.1, -0.05) is 12.1 Å². The van der Waals surface area contributed by atoms with Crippen LogP contribution >= 0.6 is 0 Å². The molecule has 2 unspecified atom stereocenters. The van der Waals surface area contributed by atoms with E-state index in [4.69, 9.17) is 5.11 Å². The van der Waals surface area contributed by atoms with Crippen LogP contribution in [-0.4, -0.2) is 16.2 Å². The van der Waals surface area contributed by atoms with Crippen LogP contribution in [-0.2, 0) is 11.2 Å². The van der Waals surface area contributed by atoms with Crippen molar-refractivity contribution in [3.05, 3.63) is 29.3 Å². The monoisotopic (exact) mass is 220 g/mol. The van der Waals surface area contributed by atoms with Crippen molar-refractivity contribution in [1.82, 2.24) is 0 Å². The van der Waals surface area contributed by atoms with Gasteiger partial charge in [-0.25, -0.2) is 0 Å². The Balaban J connectivity index is 1.87. The number of aromatic hydroxyl groups is 1. The molecular weight excluding hydrogens is 204 g/mol. The van der Waals surface area contributed by atoms with E-state index in [9.17, 15) is 9.90 Å². The molecule has 0 heterocycles. The Bertz CT molecular complexity index is 412. The summed E-state index contributed by atoms with van der Waals surface area (Å²) in [5.74, 6) is -0.102. The summed E-state index contributed by atoms with van der Waals surface area (Å²) in [6.45, 7) is 1.87. The number of phenols is 1. The highest BCUT2D eigenvalue weighted by molar-refractivity contribution is 5.73. The molecule has 3 heteroatoms. The third-order valence-electron chi connectivity index (χ3n) is 3.30. The minimum absolute atomic E-state index is 0.113. The van der Waals surface area contributed by atoms with Gasteiger partial charge < -0.3 is 10.2 Å². The van der Waals surface area contributed by atoms with Gasteiger partial charge in [-0.05, 0) is 49.3 Å². The summed E-state index contributed by atoms with van der Waals surface area (Å²) in [6, 6.07) is 5.57. The lowest BCUT2D eigenvalue weighted by atomic mass is 10.0. The molecule has 3 nitrogen and oxygen atoms in total. The van der Waals surface area contributed by atoms with Gasteiger partial charge in [-0.15, -0.1) is 0 Å². The summed E-state index contributed by atoms with van der Waals surface area (Å²) in [7, 11) is 0. The van der Waals surface area contributed by atoms with Crippen molar-refractivity contribution < 1.29 is 15.0 Å². The maximum absolute atomic E-state index is 10.6. The maximum atomic E-state index is 10.6. The zero-order chi connectivity index (χ0) is 11.7. The van der Waals surface area contributed by atoms with Gasteiger partial charge in [0.15, 0.2) is 0 Å². The van der Waals surface area contributed by atoms with Gasteiger partial charge >= 0.3 is 5.97 Å². The zero-order valence-corrected chi connectivity index (χ0v) is 9.31. The first-order valence-electron chi connectivity index (χ1n) is 5.59. The van der Waals surface area contributed by atoms with Gasteiger partial charge in [0.25, 0.3) is 0 Å². The molecule has 0 aromatic heterocycles. The van der Waals surface area contributed by atoms with E-state index in [-0.39, 0.29) is 5.92 Å². The van der Waals surface area contributed by atoms with E-state index in [0.717, 1.165) is 24.8 Å². The number of aliphatic carboxylic acids is 1. The van der Waals surface area contributed by atoms with Crippen LogP contribution in [0.4, 0.5) is 0 Å². The molecule has 0 spiro atoms. The van der Waals surface area contributed by atoms with Crippen molar-refractivity contribution in [3.8, 4) is 5.75 Å². The lowest BCUT2D eigenvalue weighted by Crippen LogP contribution is -2.00. The number of carboxylic acids is 1. The normalized spacial score (nSPS) is 23.1. The Hall–Kier alpha value is -1.51. The van der Waals surface area contributed by atoms with E-state index in [2.05, 4.69) is 0 Å². The molecule has 0 aliphatic heterocycles. The molecule has 0 radical (unpaired) electrons. The molecule has 1 saturated carbocycles. The highest BCUT2D eigenvalue weighted by atomic mass is 16.4. The average Bonchev–Trinajstić information content (AvgIpc) is 2.99. The number of hydrogen-bond acceptors (Lipinski definition) is 2. The molecule has 86 valence electrons. The average molecular weight is 220 g/mol. The Kier molecular flexibility index (Phi) is 2.86. The molecule has 0 amide bonds. The first kappa shape index (κ1) is 11.0. The number of hydrogen-bond donors (Lipinski definition) is 2. The largest absolute Gasteiger partial charge is 0.508 e. The second-order valence-electron chi connectivity index (χ2n) is 4.60. The minimum Gasteiger partial charge on any atom is -0.508 e. The van der Waals surface area contributed by atoms with E-state index in [1.54, 1.807) is 6.07 Å². The van der Waals surface area contributed by atoms with Crippen LogP contribution in [0.25, 0.3) is 0 Å². The summed E-state index contributed by atoms with van der Waals surface area (Å²) in [5, 5.41) is 18.1. The van der Waals surface area contributed by atoms with Crippen LogP contribution in [0.1, 0.15) is 24.0 Å². The quantitative estimate of drug-likeness (QED) is 0.818. The third-order valence-corrected chi connectivity index (χ3v) is 3.30. The van der Waals surface area contributed by atoms with Crippen molar-refractivity contribution in [2.24, 2.45) is 11.8 Å². The van der Waals surface area contributed by atoms with Gasteiger partial charge in [0.2, 0.25) is 0 Å². The molecule has 2 rings (SSSR count). The Morgan fingerprint density at radius 1 is 1.50 bits per heavy atom.